The van der Waals surface area contributed by atoms with E-state index in [-0.39, 0.29) is 0 Å². The molecule has 0 bridgehead atoms. The molecule has 0 spiro atoms. The lowest BCUT2D eigenvalue weighted by atomic mass is 10.00. The summed E-state index contributed by atoms with van der Waals surface area (Å²) in [6.45, 7) is 4.68. The molecule has 0 unspecified atom stereocenters. The Bertz CT molecular complexity index is 314. The minimum atomic E-state index is 0.815. The van der Waals surface area contributed by atoms with Gasteiger partial charge in [-0.05, 0) is 46.8 Å². The van der Waals surface area contributed by atoms with Gasteiger partial charge in [-0.25, -0.2) is 4.98 Å². The van der Waals surface area contributed by atoms with Crippen molar-refractivity contribution in [2.24, 2.45) is 5.92 Å². The van der Waals surface area contributed by atoms with Crippen LogP contribution in [-0.2, 0) is 0 Å². The Morgan fingerprint density at radius 1 is 1.57 bits per heavy atom. The van der Waals surface area contributed by atoms with Crippen LogP contribution in [0.3, 0.4) is 0 Å². The van der Waals surface area contributed by atoms with E-state index in [4.69, 9.17) is 0 Å². The summed E-state index contributed by atoms with van der Waals surface area (Å²) in [7, 11) is 0. The molecule has 2 rings (SSSR count). The van der Waals surface area contributed by atoms with Crippen molar-refractivity contribution < 1.29 is 0 Å². The molecule has 0 radical (unpaired) electrons. The van der Waals surface area contributed by atoms with E-state index in [1.54, 1.807) is 0 Å². The number of rotatable bonds is 1. The molecule has 1 aliphatic rings. The normalized spacial score (nSPS) is 22.4. The standard InChI is InChI=1S/C11H15BrN2/c1-9-3-2-6-14(8-9)10-4-5-13-11(12)7-10/h4-5,7,9H,2-3,6,8H2,1H3/t9-/m0/s1. The van der Waals surface area contributed by atoms with Gasteiger partial charge in [0.2, 0.25) is 0 Å². The fourth-order valence-electron chi connectivity index (χ4n) is 2.01. The minimum absolute atomic E-state index is 0.815. The van der Waals surface area contributed by atoms with Crippen LogP contribution in [0.15, 0.2) is 22.9 Å². The van der Waals surface area contributed by atoms with E-state index in [9.17, 15) is 0 Å². The van der Waals surface area contributed by atoms with Crippen LogP contribution in [0, 0.1) is 5.92 Å². The number of halogens is 1. The highest BCUT2D eigenvalue weighted by molar-refractivity contribution is 9.10. The van der Waals surface area contributed by atoms with Gasteiger partial charge in [-0.3, -0.25) is 0 Å². The van der Waals surface area contributed by atoms with Gasteiger partial charge in [0.15, 0.2) is 0 Å². The van der Waals surface area contributed by atoms with E-state index in [2.05, 4.69) is 44.9 Å². The number of hydrogen-bond acceptors (Lipinski definition) is 2. The van der Waals surface area contributed by atoms with Crippen LogP contribution in [0.25, 0.3) is 0 Å². The lowest BCUT2D eigenvalue weighted by Crippen LogP contribution is -2.34. The summed E-state index contributed by atoms with van der Waals surface area (Å²) in [5.74, 6) is 0.815. The van der Waals surface area contributed by atoms with E-state index >= 15 is 0 Å². The molecule has 0 N–H and O–H groups in total. The average Bonchev–Trinajstić information content (AvgIpc) is 2.18. The van der Waals surface area contributed by atoms with E-state index in [0.717, 1.165) is 10.5 Å². The predicted molar refractivity (Wildman–Crippen MR) is 62.5 cm³/mol. The summed E-state index contributed by atoms with van der Waals surface area (Å²) in [5, 5.41) is 0. The summed E-state index contributed by atoms with van der Waals surface area (Å²) >= 11 is 3.41. The molecule has 1 aliphatic heterocycles. The Morgan fingerprint density at radius 3 is 3.14 bits per heavy atom. The second-order valence-electron chi connectivity index (χ2n) is 4.03. The van der Waals surface area contributed by atoms with Gasteiger partial charge < -0.3 is 4.90 Å². The monoisotopic (exact) mass is 254 g/mol. The first kappa shape index (κ1) is 9.97. The van der Waals surface area contributed by atoms with Crippen LogP contribution in [0.5, 0.6) is 0 Å². The van der Waals surface area contributed by atoms with Crippen molar-refractivity contribution in [3.8, 4) is 0 Å². The molecule has 76 valence electrons. The molecule has 1 fully saturated rings. The van der Waals surface area contributed by atoms with Crippen LogP contribution in [-0.4, -0.2) is 18.1 Å². The third-order valence-corrected chi connectivity index (χ3v) is 3.17. The fourth-order valence-corrected chi connectivity index (χ4v) is 2.37. The minimum Gasteiger partial charge on any atom is -0.371 e. The first-order chi connectivity index (χ1) is 6.75. The molecule has 2 heterocycles. The van der Waals surface area contributed by atoms with Crippen LogP contribution < -0.4 is 4.90 Å². The predicted octanol–water partition coefficient (Wildman–Crippen LogP) is 3.08. The molecule has 1 saturated heterocycles. The van der Waals surface area contributed by atoms with Crippen LogP contribution in [0.4, 0.5) is 5.69 Å². The van der Waals surface area contributed by atoms with Crippen LogP contribution in [0.1, 0.15) is 19.8 Å². The number of nitrogens with zero attached hydrogens (tertiary/aromatic N) is 2. The maximum Gasteiger partial charge on any atom is 0.108 e. The van der Waals surface area contributed by atoms with Crippen molar-refractivity contribution in [3.63, 3.8) is 0 Å². The quantitative estimate of drug-likeness (QED) is 0.717. The van der Waals surface area contributed by atoms with Crippen molar-refractivity contribution in [3.05, 3.63) is 22.9 Å². The third-order valence-electron chi connectivity index (χ3n) is 2.73. The number of hydrogen-bond donors (Lipinski definition) is 0. The Labute approximate surface area is 93.5 Å². The lowest BCUT2D eigenvalue weighted by Gasteiger charge is -2.32. The highest BCUT2D eigenvalue weighted by Crippen LogP contribution is 2.23. The molecule has 1 aromatic rings. The van der Waals surface area contributed by atoms with Gasteiger partial charge in [0.1, 0.15) is 4.60 Å². The van der Waals surface area contributed by atoms with Crippen molar-refractivity contribution in [2.45, 2.75) is 19.8 Å². The van der Waals surface area contributed by atoms with Crippen molar-refractivity contribution in [2.75, 3.05) is 18.0 Å². The van der Waals surface area contributed by atoms with E-state index < -0.39 is 0 Å². The molecule has 0 aromatic carbocycles. The van der Waals surface area contributed by atoms with Crippen molar-refractivity contribution >= 4 is 21.6 Å². The van der Waals surface area contributed by atoms with Gasteiger partial charge in [0.25, 0.3) is 0 Å². The number of aromatic nitrogens is 1. The SMILES string of the molecule is C[C@H]1CCCN(c2ccnc(Br)c2)C1. The zero-order chi connectivity index (χ0) is 9.97. The summed E-state index contributed by atoms with van der Waals surface area (Å²) in [5.41, 5.74) is 1.29. The molecule has 0 amide bonds. The van der Waals surface area contributed by atoms with Gasteiger partial charge in [-0.1, -0.05) is 6.92 Å². The maximum atomic E-state index is 4.14. The summed E-state index contributed by atoms with van der Waals surface area (Å²) in [4.78, 5) is 6.59. The topological polar surface area (TPSA) is 16.1 Å². The Balaban J connectivity index is 2.14. The molecular weight excluding hydrogens is 240 g/mol. The zero-order valence-corrected chi connectivity index (χ0v) is 10.00. The largest absolute Gasteiger partial charge is 0.371 e. The van der Waals surface area contributed by atoms with Gasteiger partial charge >= 0.3 is 0 Å². The molecule has 14 heavy (non-hydrogen) atoms. The average molecular weight is 255 g/mol. The third kappa shape index (κ3) is 2.27. The highest BCUT2D eigenvalue weighted by atomic mass is 79.9. The van der Waals surface area contributed by atoms with Gasteiger partial charge in [-0.2, -0.15) is 0 Å². The van der Waals surface area contributed by atoms with Gasteiger partial charge in [0, 0.05) is 25.0 Å². The molecule has 1 aromatic heterocycles. The maximum absolute atomic E-state index is 4.14. The summed E-state index contributed by atoms with van der Waals surface area (Å²) < 4.78 is 0.924. The van der Waals surface area contributed by atoms with Crippen molar-refractivity contribution in [1.82, 2.24) is 4.98 Å². The molecular formula is C11H15BrN2. The van der Waals surface area contributed by atoms with Crippen molar-refractivity contribution in [1.29, 1.82) is 0 Å². The lowest BCUT2D eigenvalue weighted by molar-refractivity contribution is 0.447. The Morgan fingerprint density at radius 2 is 2.43 bits per heavy atom. The van der Waals surface area contributed by atoms with E-state index in [1.807, 2.05) is 6.20 Å². The number of pyridine rings is 1. The first-order valence-electron chi connectivity index (χ1n) is 5.12. The second kappa shape index (κ2) is 4.30. The molecule has 0 aliphatic carbocycles. The highest BCUT2D eigenvalue weighted by Gasteiger charge is 2.16. The number of piperidine rings is 1. The summed E-state index contributed by atoms with van der Waals surface area (Å²) in [6.07, 6.45) is 4.53. The van der Waals surface area contributed by atoms with Crippen LogP contribution >= 0.6 is 15.9 Å². The van der Waals surface area contributed by atoms with Crippen LogP contribution in [0.2, 0.25) is 0 Å². The fraction of sp³-hybridized carbons (Fsp3) is 0.545. The summed E-state index contributed by atoms with van der Waals surface area (Å²) in [6, 6.07) is 4.18. The Kier molecular flexibility index (Phi) is 3.06. The first-order valence-corrected chi connectivity index (χ1v) is 5.91. The molecule has 2 nitrogen and oxygen atoms in total. The van der Waals surface area contributed by atoms with E-state index in [1.165, 1.54) is 31.6 Å². The molecule has 3 heteroatoms. The smallest absolute Gasteiger partial charge is 0.108 e. The van der Waals surface area contributed by atoms with Gasteiger partial charge in [0.05, 0.1) is 0 Å². The number of anilines is 1. The zero-order valence-electron chi connectivity index (χ0n) is 8.41. The molecule has 0 saturated carbocycles. The van der Waals surface area contributed by atoms with E-state index in [0.29, 0.717) is 0 Å². The second-order valence-corrected chi connectivity index (χ2v) is 4.84. The molecule has 1 atom stereocenters. The Hall–Kier alpha value is -0.570. The van der Waals surface area contributed by atoms with Gasteiger partial charge in [-0.15, -0.1) is 0 Å².